The Kier molecular flexibility index (Phi) is 6.50. The van der Waals surface area contributed by atoms with E-state index in [0.29, 0.717) is 5.78 Å². The van der Waals surface area contributed by atoms with E-state index >= 15 is 0 Å². The standard InChI is InChI=1S/C12H20OS2/c1-3-10(2)12(13)7-5-4-6-11-8-9-14-15-11/h3,10-11H,1,4-9H2,2H3. The fourth-order valence-corrected chi connectivity index (χ4v) is 4.62. The van der Waals surface area contributed by atoms with E-state index < -0.39 is 0 Å². The Hall–Kier alpha value is 0.110. The fraction of sp³-hybridized carbons (Fsp3) is 0.750. The van der Waals surface area contributed by atoms with Gasteiger partial charge in [-0.3, -0.25) is 4.79 Å². The van der Waals surface area contributed by atoms with Crippen molar-refractivity contribution >= 4 is 27.4 Å². The van der Waals surface area contributed by atoms with Crippen molar-refractivity contribution in [1.29, 1.82) is 0 Å². The largest absolute Gasteiger partial charge is 0.299 e. The van der Waals surface area contributed by atoms with Crippen molar-refractivity contribution in [2.45, 2.75) is 44.3 Å². The van der Waals surface area contributed by atoms with Crippen molar-refractivity contribution < 1.29 is 4.79 Å². The summed E-state index contributed by atoms with van der Waals surface area (Å²) in [6.45, 7) is 5.58. The summed E-state index contributed by atoms with van der Waals surface area (Å²) < 4.78 is 0. The van der Waals surface area contributed by atoms with E-state index in [1.54, 1.807) is 6.08 Å². The Bertz CT molecular complexity index is 210. The van der Waals surface area contributed by atoms with Gasteiger partial charge in [0.1, 0.15) is 5.78 Å². The zero-order valence-electron chi connectivity index (χ0n) is 9.41. The average molecular weight is 244 g/mol. The molecule has 1 heterocycles. The van der Waals surface area contributed by atoms with Crippen molar-refractivity contribution in [3.8, 4) is 0 Å². The van der Waals surface area contributed by atoms with Crippen LogP contribution < -0.4 is 0 Å². The van der Waals surface area contributed by atoms with E-state index in [-0.39, 0.29) is 5.92 Å². The van der Waals surface area contributed by atoms with Crippen LogP contribution >= 0.6 is 21.6 Å². The van der Waals surface area contributed by atoms with Crippen LogP contribution in [0.5, 0.6) is 0 Å². The maximum Gasteiger partial charge on any atom is 0.139 e. The lowest BCUT2D eigenvalue weighted by molar-refractivity contribution is -0.121. The molecule has 1 fully saturated rings. The van der Waals surface area contributed by atoms with Gasteiger partial charge in [0.15, 0.2) is 0 Å². The van der Waals surface area contributed by atoms with Gasteiger partial charge in [0.2, 0.25) is 0 Å². The minimum atomic E-state index is 0.0430. The van der Waals surface area contributed by atoms with Gasteiger partial charge in [0.25, 0.3) is 0 Å². The maximum atomic E-state index is 11.5. The second kappa shape index (κ2) is 7.39. The van der Waals surface area contributed by atoms with E-state index in [1.807, 2.05) is 28.5 Å². The predicted molar refractivity (Wildman–Crippen MR) is 71.3 cm³/mol. The van der Waals surface area contributed by atoms with Crippen LogP contribution in [0.15, 0.2) is 12.7 Å². The number of carbonyl (C=O) groups is 1. The summed E-state index contributed by atoms with van der Waals surface area (Å²) in [5.41, 5.74) is 0. The Labute approximate surface area is 101 Å². The summed E-state index contributed by atoms with van der Waals surface area (Å²) in [6, 6.07) is 0. The zero-order valence-corrected chi connectivity index (χ0v) is 11.0. The molecule has 1 aliphatic heterocycles. The molecule has 15 heavy (non-hydrogen) atoms. The van der Waals surface area contributed by atoms with E-state index in [1.165, 1.54) is 25.0 Å². The second-order valence-corrected chi connectivity index (χ2v) is 6.85. The fourth-order valence-electron chi connectivity index (χ4n) is 1.59. The average Bonchev–Trinajstić information content (AvgIpc) is 2.75. The molecule has 0 amide bonds. The number of ketones is 1. The third kappa shape index (κ3) is 5.12. The Morgan fingerprint density at radius 2 is 2.40 bits per heavy atom. The Balaban J connectivity index is 2.00. The summed E-state index contributed by atoms with van der Waals surface area (Å²) in [5.74, 6) is 1.70. The van der Waals surface area contributed by atoms with Gasteiger partial charge < -0.3 is 0 Å². The van der Waals surface area contributed by atoms with Gasteiger partial charge in [-0.05, 0) is 19.3 Å². The van der Waals surface area contributed by atoms with Crippen LogP contribution in [0.4, 0.5) is 0 Å². The summed E-state index contributed by atoms with van der Waals surface area (Å²) in [7, 11) is 4.02. The highest BCUT2D eigenvalue weighted by Gasteiger charge is 2.16. The number of Topliss-reactive ketones (excluding diaryl/α,β-unsaturated/α-hetero) is 1. The molecule has 1 nitrogen and oxygen atoms in total. The van der Waals surface area contributed by atoms with Gasteiger partial charge in [-0.1, -0.05) is 41.0 Å². The van der Waals surface area contributed by atoms with Crippen molar-refractivity contribution in [3.05, 3.63) is 12.7 Å². The zero-order chi connectivity index (χ0) is 11.1. The van der Waals surface area contributed by atoms with Crippen LogP contribution in [-0.4, -0.2) is 16.8 Å². The summed E-state index contributed by atoms with van der Waals surface area (Å²) >= 11 is 0. The molecular formula is C12H20OS2. The molecule has 1 aliphatic rings. The van der Waals surface area contributed by atoms with E-state index in [2.05, 4.69) is 6.58 Å². The van der Waals surface area contributed by atoms with E-state index in [0.717, 1.165) is 18.1 Å². The Morgan fingerprint density at radius 1 is 1.60 bits per heavy atom. The molecule has 0 saturated carbocycles. The summed E-state index contributed by atoms with van der Waals surface area (Å²) in [5, 5.41) is 0.849. The van der Waals surface area contributed by atoms with Gasteiger partial charge in [0, 0.05) is 23.3 Å². The SMILES string of the molecule is C=CC(C)C(=O)CCCCC1CCSS1. The topological polar surface area (TPSA) is 17.1 Å². The lowest BCUT2D eigenvalue weighted by Gasteiger charge is -2.07. The van der Waals surface area contributed by atoms with Crippen LogP contribution in [0.1, 0.15) is 39.0 Å². The lowest BCUT2D eigenvalue weighted by atomic mass is 10.0. The molecule has 0 spiro atoms. The van der Waals surface area contributed by atoms with Crippen LogP contribution in [-0.2, 0) is 4.79 Å². The predicted octanol–water partition coefficient (Wildman–Crippen LogP) is 4.09. The highest BCUT2D eigenvalue weighted by Crippen LogP contribution is 2.39. The minimum absolute atomic E-state index is 0.0430. The molecule has 0 aromatic carbocycles. The first-order valence-corrected chi connectivity index (χ1v) is 8.05. The number of rotatable bonds is 7. The summed E-state index contributed by atoms with van der Waals surface area (Å²) in [4.78, 5) is 11.5. The third-order valence-corrected chi connectivity index (χ3v) is 5.79. The molecule has 2 unspecified atom stereocenters. The van der Waals surface area contributed by atoms with Gasteiger partial charge in [-0.25, -0.2) is 0 Å². The molecule has 3 heteroatoms. The third-order valence-electron chi connectivity index (χ3n) is 2.79. The number of carbonyl (C=O) groups excluding carboxylic acids is 1. The Morgan fingerprint density at radius 3 is 3.00 bits per heavy atom. The monoisotopic (exact) mass is 244 g/mol. The normalized spacial score (nSPS) is 22.6. The van der Waals surface area contributed by atoms with Crippen LogP contribution in [0, 0.1) is 5.92 Å². The number of hydrogen-bond acceptors (Lipinski definition) is 3. The van der Waals surface area contributed by atoms with Crippen molar-refractivity contribution in [3.63, 3.8) is 0 Å². The first-order valence-electron chi connectivity index (χ1n) is 5.67. The van der Waals surface area contributed by atoms with Gasteiger partial charge in [0.05, 0.1) is 0 Å². The number of hydrogen-bond donors (Lipinski definition) is 0. The number of unbranched alkanes of at least 4 members (excludes halogenated alkanes) is 1. The molecule has 2 atom stereocenters. The van der Waals surface area contributed by atoms with E-state index in [4.69, 9.17) is 0 Å². The van der Waals surface area contributed by atoms with Crippen LogP contribution in [0.3, 0.4) is 0 Å². The highest BCUT2D eigenvalue weighted by molar-refractivity contribution is 8.77. The lowest BCUT2D eigenvalue weighted by Crippen LogP contribution is -2.07. The van der Waals surface area contributed by atoms with Crippen molar-refractivity contribution in [2.75, 3.05) is 5.75 Å². The molecule has 0 radical (unpaired) electrons. The summed E-state index contributed by atoms with van der Waals surface area (Å²) in [6.07, 6.45) is 7.37. The molecule has 0 bridgehead atoms. The van der Waals surface area contributed by atoms with Crippen LogP contribution in [0.25, 0.3) is 0 Å². The number of allylic oxidation sites excluding steroid dienone is 1. The molecule has 0 N–H and O–H groups in total. The molecular weight excluding hydrogens is 224 g/mol. The van der Waals surface area contributed by atoms with Gasteiger partial charge in [-0.2, -0.15) is 0 Å². The molecule has 1 rings (SSSR count). The van der Waals surface area contributed by atoms with Crippen LogP contribution in [0.2, 0.25) is 0 Å². The van der Waals surface area contributed by atoms with Gasteiger partial charge in [-0.15, -0.1) is 6.58 Å². The molecule has 0 aliphatic carbocycles. The minimum Gasteiger partial charge on any atom is -0.299 e. The quantitative estimate of drug-likeness (QED) is 0.381. The first-order chi connectivity index (χ1) is 7.24. The molecule has 1 saturated heterocycles. The smallest absolute Gasteiger partial charge is 0.139 e. The highest BCUT2D eigenvalue weighted by atomic mass is 33.1. The maximum absolute atomic E-state index is 11.5. The first kappa shape index (κ1) is 13.2. The second-order valence-electron chi connectivity index (χ2n) is 4.07. The molecule has 0 aromatic heterocycles. The molecule has 86 valence electrons. The van der Waals surface area contributed by atoms with Crippen molar-refractivity contribution in [1.82, 2.24) is 0 Å². The molecule has 0 aromatic rings. The van der Waals surface area contributed by atoms with Gasteiger partial charge >= 0.3 is 0 Å². The van der Waals surface area contributed by atoms with E-state index in [9.17, 15) is 4.79 Å². The van der Waals surface area contributed by atoms with Crippen molar-refractivity contribution in [2.24, 2.45) is 5.92 Å².